The summed E-state index contributed by atoms with van der Waals surface area (Å²) in [6, 6.07) is 46.3. The minimum absolute atomic E-state index is 0.206. The van der Waals surface area contributed by atoms with E-state index in [4.69, 9.17) is 19.9 Å². The van der Waals surface area contributed by atoms with E-state index in [1.807, 2.05) is 18.6 Å². The third-order valence-electron chi connectivity index (χ3n) is 15.8. The van der Waals surface area contributed by atoms with Gasteiger partial charge in [-0.2, -0.15) is 0 Å². The molecular formula is C60H46N6. The van der Waals surface area contributed by atoms with Crippen LogP contribution in [0.2, 0.25) is 0 Å². The van der Waals surface area contributed by atoms with E-state index in [-0.39, 0.29) is 11.8 Å². The Kier molecular flexibility index (Phi) is 7.93. The summed E-state index contributed by atoms with van der Waals surface area (Å²) in [6.07, 6.45) is 12.1. The van der Waals surface area contributed by atoms with Crippen LogP contribution in [0.4, 0.5) is 0 Å². The summed E-state index contributed by atoms with van der Waals surface area (Å²) in [5.41, 5.74) is 23.9. The highest BCUT2D eigenvalue weighted by molar-refractivity contribution is 6.15. The molecule has 316 valence electrons. The Morgan fingerprint density at radius 1 is 0.500 bits per heavy atom. The fourth-order valence-corrected chi connectivity index (χ4v) is 12.3. The number of hydrogen-bond donors (Lipinski definition) is 0. The van der Waals surface area contributed by atoms with Gasteiger partial charge >= 0.3 is 0 Å². The first-order valence-electron chi connectivity index (χ1n) is 23.5. The van der Waals surface area contributed by atoms with E-state index in [0.29, 0.717) is 11.8 Å². The van der Waals surface area contributed by atoms with Crippen LogP contribution in [0.3, 0.4) is 0 Å². The van der Waals surface area contributed by atoms with Gasteiger partial charge in [0.15, 0.2) is 0 Å². The predicted octanol–water partition coefficient (Wildman–Crippen LogP) is 14.9. The molecule has 0 saturated heterocycles. The van der Waals surface area contributed by atoms with E-state index in [1.165, 1.54) is 88.3 Å². The number of allylic oxidation sites excluding steroid dienone is 1. The van der Waals surface area contributed by atoms with Gasteiger partial charge in [-0.1, -0.05) is 82.3 Å². The molecule has 6 heteroatoms. The predicted molar refractivity (Wildman–Crippen MR) is 271 cm³/mol. The van der Waals surface area contributed by atoms with Gasteiger partial charge < -0.3 is 9.13 Å². The molecule has 0 radical (unpaired) electrons. The van der Waals surface area contributed by atoms with E-state index in [9.17, 15) is 0 Å². The second kappa shape index (κ2) is 13.9. The molecule has 0 bridgehead atoms. The Balaban J connectivity index is 1.07. The van der Waals surface area contributed by atoms with Gasteiger partial charge in [-0.05, 0) is 154 Å². The maximum atomic E-state index is 5.20. The summed E-state index contributed by atoms with van der Waals surface area (Å²) >= 11 is 0. The molecule has 6 heterocycles. The van der Waals surface area contributed by atoms with Crippen LogP contribution in [0.15, 0.2) is 152 Å². The van der Waals surface area contributed by atoms with Gasteiger partial charge in [0.1, 0.15) is 0 Å². The zero-order chi connectivity index (χ0) is 43.9. The molecule has 3 aliphatic rings. The van der Waals surface area contributed by atoms with Crippen LogP contribution in [-0.4, -0.2) is 29.1 Å². The first kappa shape index (κ1) is 37.7. The van der Waals surface area contributed by atoms with Crippen molar-refractivity contribution in [3.05, 3.63) is 191 Å². The highest BCUT2D eigenvalue weighted by Crippen LogP contribution is 2.61. The maximum absolute atomic E-state index is 5.20. The van der Waals surface area contributed by atoms with E-state index in [1.54, 1.807) is 0 Å². The van der Waals surface area contributed by atoms with Crippen LogP contribution in [0.25, 0.3) is 99.9 Å². The quantitative estimate of drug-likeness (QED) is 0.177. The number of aromatic nitrogens is 6. The van der Waals surface area contributed by atoms with E-state index >= 15 is 0 Å². The largest absolute Gasteiger partial charge is 0.311 e. The van der Waals surface area contributed by atoms with Gasteiger partial charge in [0.2, 0.25) is 0 Å². The zero-order valence-electron chi connectivity index (χ0n) is 37.4. The van der Waals surface area contributed by atoms with Crippen LogP contribution in [0, 0.1) is 0 Å². The zero-order valence-corrected chi connectivity index (χ0v) is 37.4. The molecule has 3 aliphatic carbocycles. The van der Waals surface area contributed by atoms with Gasteiger partial charge in [-0.15, -0.1) is 0 Å². The van der Waals surface area contributed by atoms with Gasteiger partial charge in [-0.3, -0.25) is 9.97 Å². The fourth-order valence-electron chi connectivity index (χ4n) is 12.3. The van der Waals surface area contributed by atoms with Crippen molar-refractivity contribution in [3.8, 4) is 33.8 Å². The molecule has 14 rings (SSSR count). The molecule has 0 N–H and O–H groups in total. The minimum atomic E-state index is 0.206. The van der Waals surface area contributed by atoms with Crippen LogP contribution in [0.1, 0.15) is 97.0 Å². The summed E-state index contributed by atoms with van der Waals surface area (Å²) < 4.78 is 5.09. The molecule has 66 heavy (non-hydrogen) atoms. The third-order valence-corrected chi connectivity index (χ3v) is 15.8. The number of para-hydroxylation sites is 2. The highest BCUT2D eigenvalue weighted by atomic mass is 15.0. The molecule has 11 aromatic rings. The Hall–Kier alpha value is -7.70. The van der Waals surface area contributed by atoms with Crippen molar-refractivity contribution < 1.29 is 0 Å². The molecule has 0 fully saturated rings. The summed E-state index contributed by atoms with van der Waals surface area (Å²) in [7, 11) is 0. The van der Waals surface area contributed by atoms with Crippen LogP contribution in [-0.2, 0) is 6.42 Å². The number of hydrogen-bond acceptors (Lipinski definition) is 4. The van der Waals surface area contributed by atoms with Crippen LogP contribution < -0.4 is 0 Å². The average Bonchev–Trinajstić information content (AvgIpc) is 3.88. The molecule has 6 nitrogen and oxygen atoms in total. The lowest BCUT2D eigenvalue weighted by Gasteiger charge is -2.42. The van der Waals surface area contributed by atoms with Crippen molar-refractivity contribution in [2.24, 2.45) is 0 Å². The second-order valence-electron chi connectivity index (χ2n) is 19.1. The highest BCUT2D eigenvalue weighted by Gasteiger charge is 2.43. The van der Waals surface area contributed by atoms with Crippen molar-refractivity contribution in [1.82, 2.24) is 29.1 Å². The third kappa shape index (κ3) is 5.18. The lowest BCUT2D eigenvalue weighted by atomic mass is 9.62. The van der Waals surface area contributed by atoms with Crippen molar-refractivity contribution in [3.63, 3.8) is 0 Å². The standard InChI is InChI=1S/C60H46N6/c1-33-34(2)44-30-48-46-28-40(52-22-18-38-12-6-8-16-50(38)64-52)20-24-54(46)66(42-14-10-26-62-32-42)60(48)56-36(4)35(3)55-57(58(44)56)43(33)29-47-45-27-39(51-21-17-37-11-5-7-15-49(37)63-51)19-23-53(45)65(59(47)55)41-13-9-25-61-31-41/h5-19,21-23,25-36H,20,24H2,1-4H3. The normalized spacial score (nSPS) is 18.6. The monoisotopic (exact) mass is 850 g/mol. The van der Waals surface area contributed by atoms with Crippen LogP contribution in [0.5, 0.6) is 0 Å². The van der Waals surface area contributed by atoms with Gasteiger partial charge in [0.25, 0.3) is 0 Å². The molecule has 5 aromatic carbocycles. The number of benzene rings is 5. The Labute approximate surface area is 383 Å². The first-order valence-corrected chi connectivity index (χ1v) is 23.5. The molecule has 4 unspecified atom stereocenters. The molecule has 0 saturated carbocycles. The summed E-state index contributed by atoms with van der Waals surface area (Å²) in [4.78, 5) is 19.8. The lowest BCUT2D eigenvalue weighted by molar-refractivity contribution is 0.584. The molecule has 0 spiro atoms. The van der Waals surface area contributed by atoms with Crippen molar-refractivity contribution in [1.29, 1.82) is 0 Å². The Morgan fingerprint density at radius 3 is 1.74 bits per heavy atom. The number of pyridine rings is 4. The van der Waals surface area contributed by atoms with Gasteiger partial charge in [-0.25, -0.2) is 9.97 Å². The van der Waals surface area contributed by atoms with Gasteiger partial charge in [0, 0.05) is 56.1 Å². The smallest absolute Gasteiger partial charge is 0.0709 e. The molecule has 4 atom stereocenters. The van der Waals surface area contributed by atoms with Crippen molar-refractivity contribution in [2.75, 3.05) is 0 Å². The molecular weight excluding hydrogens is 805 g/mol. The van der Waals surface area contributed by atoms with E-state index < -0.39 is 0 Å². The number of nitrogens with zero attached hydrogens (tertiary/aromatic N) is 6. The molecule has 0 amide bonds. The van der Waals surface area contributed by atoms with Crippen molar-refractivity contribution >= 4 is 66.2 Å². The first-order chi connectivity index (χ1) is 32.4. The Morgan fingerprint density at radius 2 is 1.09 bits per heavy atom. The minimum Gasteiger partial charge on any atom is -0.311 e. The second-order valence-corrected chi connectivity index (χ2v) is 19.1. The maximum Gasteiger partial charge on any atom is 0.0709 e. The average molecular weight is 851 g/mol. The van der Waals surface area contributed by atoms with Gasteiger partial charge in [0.05, 0.1) is 62.7 Å². The molecule has 6 aromatic heterocycles. The molecule has 0 aliphatic heterocycles. The summed E-state index contributed by atoms with van der Waals surface area (Å²) in [5.74, 6) is 1.02. The SMILES string of the molecule is CC1c2cc3c4c(n(-c5cccnc5)c3c3c2-c2c(cc5c6cc(-c7ccc8ccccc8n7)ccc6n(-c6cccnc6)c5c2C(C)C3C)C1C)CCC(c1ccc2ccccc2n1)=C4. The van der Waals surface area contributed by atoms with Crippen LogP contribution >= 0.6 is 0 Å². The van der Waals surface area contributed by atoms with E-state index in [0.717, 1.165) is 57.6 Å². The fraction of sp³-hybridized carbons (Fsp3) is 0.167. The summed E-state index contributed by atoms with van der Waals surface area (Å²) in [5, 5.41) is 6.20. The topological polar surface area (TPSA) is 61.4 Å². The number of fused-ring (bicyclic) bond motifs is 10. The Bertz CT molecular complexity index is 3890. The number of rotatable bonds is 4. The van der Waals surface area contributed by atoms with E-state index in [2.05, 4.69) is 176 Å². The summed E-state index contributed by atoms with van der Waals surface area (Å²) in [6.45, 7) is 9.91. The lowest BCUT2D eigenvalue weighted by Crippen LogP contribution is -2.24. The van der Waals surface area contributed by atoms with Crippen molar-refractivity contribution in [2.45, 2.75) is 64.2 Å².